The van der Waals surface area contributed by atoms with E-state index in [4.69, 9.17) is 17.3 Å². The molecule has 96 valence electrons. The van der Waals surface area contributed by atoms with Crippen LogP contribution in [0.1, 0.15) is 30.8 Å². The molecule has 1 aromatic carbocycles. The number of nitrogens with zero attached hydrogens (tertiary/aromatic N) is 2. The third kappa shape index (κ3) is 2.76. The van der Waals surface area contributed by atoms with E-state index in [1.165, 1.54) is 0 Å². The quantitative estimate of drug-likeness (QED) is 0.928. The van der Waals surface area contributed by atoms with E-state index in [0.717, 1.165) is 28.8 Å². The Labute approximate surface area is 120 Å². The molecular formula is C13H15BrClN3. The van der Waals surface area contributed by atoms with E-state index in [2.05, 4.69) is 32.4 Å². The van der Waals surface area contributed by atoms with Gasteiger partial charge in [0.25, 0.3) is 0 Å². The van der Waals surface area contributed by atoms with Crippen LogP contribution < -0.4 is 5.73 Å². The minimum absolute atomic E-state index is 0.299. The highest BCUT2D eigenvalue weighted by Gasteiger charge is 2.17. The topological polar surface area (TPSA) is 43.8 Å². The minimum atomic E-state index is -0.299. The number of nitrogens with two attached hydrogens (primary N) is 1. The molecule has 1 unspecified atom stereocenters. The standard InChI is InChI=1S/C13H15BrClN3/c1-2-6-18-7-5-17-13(18)12(16)10-4-3-9(14)8-11(10)15/h3-5,7-8,12H,2,6,16H2,1H3. The van der Waals surface area contributed by atoms with Crippen molar-refractivity contribution in [3.8, 4) is 0 Å². The summed E-state index contributed by atoms with van der Waals surface area (Å²) in [5, 5.41) is 0.655. The second-order valence-electron chi connectivity index (χ2n) is 4.12. The monoisotopic (exact) mass is 327 g/mol. The number of aryl methyl sites for hydroxylation is 1. The summed E-state index contributed by atoms with van der Waals surface area (Å²) in [6.07, 6.45) is 4.77. The van der Waals surface area contributed by atoms with Gasteiger partial charge >= 0.3 is 0 Å². The van der Waals surface area contributed by atoms with Crippen LogP contribution in [0.4, 0.5) is 0 Å². The maximum Gasteiger partial charge on any atom is 0.130 e. The highest BCUT2D eigenvalue weighted by Crippen LogP contribution is 2.28. The molecule has 0 saturated heterocycles. The van der Waals surface area contributed by atoms with Gasteiger partial charge in [-0.1, -0.05) is 40.5 Å². The Bertz CT molecular complexity index is 539. The molecule has 5 heteroatoms. The molecule has 1 aromatic heterocycles. The summed E-state index contributed by atoms with van der Waals surface area (Å²) in [5.74, 6) is 0.848. The van der Waals surface area contributed by atoms with Crippen molar-refractivity contribution in [2.45, 2.75) is 25.9 Å². The van der Waals surface area contributed by atoms with Gasteiger partial charge in [0.15, 0.2) is 0 Å². The first-order valence-corrected chi connectivity index (χ1v) is 7.02. The maximum absolute atomic E-state index is 6.26. The molecule has 0 saturated carbocycles. The van der Waals surface area contributed by atoms with Crippen LogP contribution in [0.5, 0.6) is 0 Å². The predicted octanol–water partition coefficient (Wildman–Crippen LogP) is 3.76. The fourth-order valence-electron chi connectivity index (χ4n) is 1.92. The molecule has 1 atom stereocenters. The van der Waals surface area contributed by atoms with Crippen LogP contribution in [0.2, 0.25) is 5.02 Å². The number of rotatable bonds is 4. The molecule has 0 aliphatic carbocycles. The normalized spacial score (nSPS) is 12.7. The van der Waals surface area contributed by atoms with Gasteiger partial charge in [0.05, 0.1) is 6.04 Å². The van der Waals surface area contributed by atoms with Gasteiger partial charge in [-0.15, -0.1) is 0 Å². The molecule has 0 radical (unpaired) electrons. The van der Waals surface area contributed by atoms with Crippen molar-refractivity contribution in [1.29, 1.82) is 0 Å². The highest BCUT2D eigenvalue weighted by atomic mass is 79.9. The lowest BCUT2D eigenvalue weighted by atomic mass is 10.1. The van der Waals surface area contributed by atoms with Crippen molar-refractivity contribution in [2.75, 3.05) is 0 Å². The lowest BCUT2D eigenvalue weighted by Crippen LogP contribution is -2.18. The third-order valence-corrected chi connectivity index (χ3v) is 3.61. The van der Waals surface area contributed by atoms with Crippen molar-refractivity contribution >= 4 is 27.5 Å². The first-order chi connectivity index (χ1) is 8.63. The van der Waals surface area contributed by atoms with Crippen LogP contribution in [0.25, 0.3) is 0 Å². The van der Waals surface area contributed by atoms with Crippen LogP contribution in [0.3, 0.4) is 0 Å². The van der Waals surface area contributed by atoms with Gasteiger partial charge in [-0.05, 0) is 24.1 Å². The summed E-state index contributed by atoms with van der Waals surface area (Å²) in [6.45, 7) is 3.04. The summed E-state index contributed by atoms with van der Waals surface area (Å²) in [6, 6.07) is 5.42. The maximum atomic E-state index is 6.26. The Morgan fingerprint density at radius 1 is 1.50 bits per heavy atom. The van der Waals surface area contributed by atoms with Crippen molar-refractivity contribution in [1.82, 2.24) is 9.55 Å². The van der Waals surface area contributed by atoms with Crippen molar-refractivity contribution in [3.63, 3.8) is 0 Å². The molecule has 2 aromatic rings. The van der Waals surface area contributed by atoms with E-state index in [1.807, 2.05) is 24.4 Å². The Morgan fingerprint density at radius 3 is 2.94 bits per heavy atom. The van der Waals surface area contributed by atoms with E-state index in [0.29, 0.717) is 5.02 Å². The first kappa shape index (κ1) is 13.6. The summed E-state index contributed by atoms with van der Waals surface area (Å²) in [5.41, 5.74) is 7.15. The molecule has 0 bridgehead atoms. The van der Waals surface area contributed by atoms with E-state index < -0.39 is 0 Å². The van der Waals surface area contributed by atoms with Gasteiger partial charge in [-0.3, -0.25) is 0 Å². The molecule has 0 spiro atoms. The molecule has 3 nitrogen and oxygen atoms in total. The number of halogens is 2. The molecule has 2 N–H and O–H groups in total. The highest BCUT2D eigenvalue weighted by molar-refractivity contribution is 9.10. The first-order valence-electron chi connectivity index (χ1n) is 5.85. The molecule has 0 fully saturated rings. The van der Waals surface area contributed by atoms with Crippen molar-refractivity contribution in [3.05, 3.63) is 51.5 Å². The molecule has 1 heterocycles. The number of aromatic nitrogens is 2. The van der Waals surface area contributed by atoms with Crippen molar-refractivity contribution < 1.29 is 0 Å². The van der Waals surface area contributed by atoms with E-state index >= 15 is 0 Å². The minimum Gasteiger partial charge on any atom is -0.333 e. The Morgan fingerprint density at radius 2 is 2.28 bits per heavy atom. The predicted molar refractivity (Wildman–Crippen MR) is 77.7 cm³/mol. The molecule has 0 aliphatic rings. The van der Waals surface area contributed by atoms with Gasteiger partial charge in [-0.25, -0.2) is 4.98 Å². The number of benzene rings is 1. The van der Waals surface area contributed by atoms with Crippen LogP contribution in [0, 0.1) is 0 Å². The van der Waals surface area contributed by atoms with Gasteiger partial charge in [-0.2, -0.15) is 0 Å². The van der Waals surface area contributed by atoms with Crippen LogP contribution >= 0.6 is 27.5 Å². The average molecular weight is 329 g/mol. The second-order valence-corrected chi connectivity index (χ2v) is 5.45. The average Bonchev–Trinajstić information content (AvgIpc) is 2.77. The molecular weight excluding hydrogens is 314 g/mol. The lowest BCUT2D eigenvalue weighted by Gasteiger charge is -2.15. The second kappa shape index (κ2) is 5.87. The molecule has 2 rings (SSSR count). The summed E-state index contributed by atoms with van der Waals surface area (Å²) < 4.78 is 3.02. The summed E-state index contributed by atoms with van der Waals surface area (Å²) in [7, 11) is 0. The molecule has 0 aliphatic heterocycles. The Kier molecular flexibility index (Phi) is 4.43. The smallest absolute Gasteiger partial charge is 0.130 e. The molecule has 0 amide bonds. The van der Waals surface area contributed by atoms with E-state index in [1.54, 1.807) is 6.20 Å². The summed E-state index contributed by atoms with van der Waals surface area (Å²) >= 11 is 9.61. The SMILES string of the molecule is CCCn1ccnc1C(N)c1ccc(Br)cc1Cl. The van der Waals surface area contributed by atoms with Crippen molar-refractivity contribution in [2.24, 2.45) is 5.73 Å². The Balaban J connectivity index is 2.35. The molecule has 18 heavy (non-hydrogen) atoms. The van der Waals surface area contributed by atoms with Gasteiger partial charge < -0.3 is 10.3 Å². The zero-order valence-corrected chi connectivity index (χ0v) is 12.4. The number of imidazole rings is 1. The van der Waals surface area contributed by atoms with Crippen LogP contribution in [0.15, 0.2) is 35.1 Å². The number of hydrogen-bond acceptors (Lipinski definition) is 2. The lowest BCUT2D eigenvalue weighted by molar-refractivity contribution is 0.613. The largest absolute Gasteiger partial charge is 0.333 e. The van der Waals surface area contributed by atoms with Gasteiger partial charge in [0, 0.05) is 28.4 Å². The zero-order valence-electron chi connectivity index (χ0n) is 10.1. The third-order valence-electron chi connectivity index (χ3n) is 2.79. The van der Waals surface area contributed by atoms with E-state index in [9.17, 15) is 0 Å². The summed E-state index contributed by atoms with van der Waals surface area (Å²) in [4.78, 5) is 4.34. The van der Waals surface area contributed by atoms with Gasteiger partial charge in [0.2, 0.25) is 0 Å². The fourth-order valence-corrected chi connectivity index (χ4v) is 2.71. The fraction of sp³-hybridized carbons (Fsp3) is 0.308. The number of hydrogen-bond donors (Lipinski definition) is 1. The Hall–Kier alpha value is -0.840. The van der Waals surface area contributed by atoms with Gasteiger partial charge in [0.1, 0.15) is 5.82 Å². The van der Waals surface area contributed by atoms with Crippen LogP contribution in [-0.2, 0) is 6.54 Å². The van der Waals surface area contributed by atoms with E-state index in [-0.39, 0.29) is 6.04 Å². The van der Waals surface area contributed by atoms with Crippen LogP contribution in [-0.4, -0.2) is 9.55 Å². The zero-order chi connectivity index (χ0) is 13.1.